The maximum Gasteiger partial charge on any atom is 0.241 e. The van der Waals surface area contributed by atoms with E-state index in [0.29, 0.717) is 19.1 Å². The van der Waals surface area contributed by atoms with Crippen molar-refractivity contribution < 1.29 is 9.90 Å². The minimum absolute atomic E-state index is 0.0363. The van der Waals surface area contributed by atoms with E-state index in [1.54, 1.807) is 0 Å². The Hall–Kier alpha value is -1.43. The maximum atomic E-state index is 12.3. The molecule has 0 aromatic heterocycles. The number of aliphatic hydroxyl groups excluding tert-OH is 1. The van der Waals surface area contributed by atoms with Crippen LogP contribution in [0, 0.1) is 0 Å². The fourth-order valence-corrected chi connectivity index (χ4v) is 2.34. The van der Waals surface area contributed by atoms with Gasteiger partial charge in [-0.3, -0.25) is 9.69 Å². The molecular weight excluding hydrogens is 254 g/mol. The van der Waals surface area contributed by atoms with Gasteiger partial charge in [-0.15, -0.1) is 0 Å². The second-order valence-corrected chi connectivity index (χ2v) is 5.26. The summed E-state index contributed by atoms with van der Waals surface area (Å²) in [7, 11) is 0. The van der Waals surface area contributed by atoms with Crippen molar-refractivity contribution in [1.29, 1.82) is 0 Å². The number of benzene rings is 1. The van der Waals surface area contributed by atoms with Crippen LogP contribution in [0.2, 0.25) is 0 Å². The molecule has 1 aromatic rings. The molecule has 5 nitrogen and oxygen atoms in total. The first-order chi connectivity index (χ1) is 9.65. The van der Waals surface area contributed by atoms with Crippen molar-refractivity contribution in [1.82, 2.24) is 4.90 Å². The molecule has 1 amide bonds. The first-order valence-corrected chi connectivity index (χ1v) is 7.12. The zero-order valence-corrected chi connectivity index (χ0v) is 11.9. The van der Waals surface area contributed by atoms with Crippen molar-refractivity contribution in [3.8, 4) is 0 Å². The predicted octanol–water partition coefficient (Wildman–Crippen LogP) is 0.929. The Morgan fingerprint density at radius 3 is 2.60 bits per heavy atom. The summed E-state index contributed by atoms with van der Waals surface area (Å²) >= 11 is 0. The lowest BCUT2D eigenvalue weighted by Crippen LogP contribution is -2.44. The summed E-state index contributed by atoms with van der Waals surface area (Å²) in [5.74, 6) is -0.0363. The third-order valence-corrected chi connectivity index (χ3v) is 3.71. The fraction of sp³-hybridized carbons (Fsp3) is 0.533. The molecule has 5 heteroatoms. The standard InChI is InChI=1S/C15H23N3O2/c1-11(18(8-9-19)14-6-7-14)15(20)17-13-4-2-12(10-16)3-5-13/h2-5,11,14,19H,6-10,16H2,1H3,(H,17,20). The Morgan fingerprint density at radius 2 is 2.10 bits per heavy atom. The van der Waals surface area contributed by atoms with Gasteiger partial charge in [-0.25, -0.2) is 0 Å². The van der Waals surface area contributed by atoms with Gasteiger partial charge in [0.2, 0.25) is 5.91 Å². The highest BCUT2D eigenvalue weighted by Crippen LogP contribution is 2.28. The summed E-state index contributed by atoms with van der Waals surface area (Å²) in [6.45, 7) is 3.01. The maximum absolute atomic E-state index is 12.3. The average molecular weight is 277 g/mol. The van der Waals surface area contributed by atoms with E-state index >= 15 is 0 Å². The first kappa shape index (κ1) is 15.0. The highest BCUT2D eigenvalue weighted by Gasteiger charge is 2.34. The SMILES string of the molecule is CC(C(=O)Nc1ccc(CN)cc1)N(CCO)C1CC1. The third-order valence-electron chi connectivity index (χ3n) is 3.71. The van der Waals surface area contributed by atoms with Crippen LogP contribution < -0.4 is 11.1 Å². The van der Waals surface area contributed by atoms with Crippen LogP contribution in [0.25, 0.3) is 0 Å². The van der Waals surface area contributed by atoms with Crippen molar-refractivity contribution in [2.45, 2.75) is 38.4 Å². The third kappa shape index (κ3) is 3.79. The Bertz CT molecular complexity index is 443. The molecule has 0 heterocycles. The largest absolute Gasteiger partial charge is 0.395 e. The Balaban J connectivity index is 1.95. The van der Waals surface area contributed by atoms with Crippen molar-refractivity contribution in [2.75, 3.05) is 18.5 Å². The van der Waals surface area contributed by atoms with Crippen LogP contribution in [0.3, 0.4) is 0 Å². The fourth-order valence-electron chi connectivity index (χ4n) is 2.34. The number of rotatable bonds is 7. The molecule has 1 fully saturated rings. The van der Waals surface area contributed by atoms with Crippen LogP contribution in [0.1, 0.15) is 25.3 Å². The molecule has 110 valence electrons. The molecule has 1 aromatic carbocycles. The Labute approximate surface area is 119 Å². The van der Waals surface area contributed by atoms with Gasteiger partial charge in [-0.1, -0.05) is 12.1 Å². The number of nitrogens with two attached hydrogens (primary N) is 1. The van der Waals surface area contributed by atoms with E-state index < -0.39 is 0 Å². The molecule has 0 radical (unpaired) electrons. The molecule has 1 aliphatic carbocycles. The lowest BCUT2D eigenvalue weighted by atomic mass is 10.2. The van der Waals surface area contributed by atoms with Gasteiger partial charge >= 0.3 is 0 Å². The number of aliphatic hydroxyl groups is 1. The monoisotopic (exact) mass is 277 g/mol. The Morgan fingerprint density at radius 1 is 1.45 bits per heavy atom. The van der Waals surface area contributed by atoms with Crippen LogP contribution >= 0.6 is 0 Å². The zero-order valence-electron chi connectivity index (χ0n) is 11.9. The average Bonchev–Trinajstić information content (AvgIpc) is 3.29. The smallest absolute Gasteiger partial charge is 0.241 e. The van der Waals surface area contributed by atoms with E-state index in [4.69, 9.17) is 10.8 Å². The topological polar surface area (TPSA) is 78.6 Å². The molecule has 0 aliphatic heterocycles. The quantitative estimate of drug-likeness (QED) is 0.693. The summed E-state index contributed by atoms with van der Waals surface area (Å²) < 4.78 is 0. The first-order valence-electron chi connectivity index (χ1n) is 7.12. The van der Waals surface area contributed by atoms with Crippen LogP contribution in [-0.4, -0.2) is 41.1 Å². The summed E-state index contributed by atoms with van der Waals surface area (Å²) in [4.78, 5) is 14.3. The lowest BCUT2D eigenvalue weighted by molar-refractivity contribution is -0.121. The van der Waals surface area contributed by atoms with Gasteiger partial charge in [-0.05, 0) is 37.5 Å². The molecule has 1 atom stereocenters. The number of hydrogen-bond donors (Lipinski definition) is 3. The van der Waals surface area contributed by atoms with E-state index in [9.17, 15) is 4.79 Å². The minimum atomic E-state index is -0.233. The number of amides is 1. The van der Waals surface area contributed by atoms with E-state index in [2.05, 4.69) is 10.2 Å². The van der Waals surface area contributed by atoms with Crippen molar-refractivity contribution >= 4 is 11.6 Å². The van der Waals surface area contributed by atoms with Gasteiger partial charge in [0.1, 0.15) is 0 Å². The highest BCUT2D eigenvalue weighted by molar-refractivity contribution is 5.94. The van der Waals surface area contributed by atoms with Gasteiger partial charge in [-0.2, -0.15) is 0 Å². The summed E-state index contributed by atoms with van der Waals surface area (Å²) in [6, 6.07) is 7.76. The number of carbonyl (C=O) groups excluding carboxylic acids is 1. The summed E-state index contributed by atoms with van der Waals surface area (Å²) in [6.07, 6.45) is 2.23. The van der Waals surface area contributed by atoms with Gasteiger partial charge in [0.05, 0.1) is 12.6 Å². The molecule has 1 aliphatic rings. The Kier molecular flexibility index (Phi) is 5.11. The molecule has 20 heavy (non-hydrogen) atoms. The predicted molar refractivity (Wildman–Crippen MR) is 79.2 cm³/mol. The van der Waals surface area contributed by atoms with Gasteiger partial charge in [0, 0.05) is 24.8 Å². The van der Waals surface area contributed by atoms with Crippen LogP contribution in [0.4, 0.5) is 5.69 Å². The van der Waals surface area contributed by atoms with E-state index in [-0.39, 0.29) is 18.6 Å². The molecule has 0 spiro atoms. The van der Waals surface area contributed by atoms with Crippen LogP contribution in [0.5, 0.6) is 0 Å². The van der Waals surface area contributed by atoms with Gasteiger partial charge in [0.25, 0.3) is 0 Å². The van der Waals surface area contributed by atoms with E-state index in [1.165, 1.54) is 0 Å². The van der Waals surface area contributed by atoms with Gasteiger partial charge in [0.15, 0.2) is 0 Å². The molecular formula is C15H23N3O2. The number of nitrogens with one attached hydrogen (secondary N) is 1. The molecule has 2 rings (SSSR count). The molecule has 1 saturated carbocycles. The molecule has 0 bridgehead atoms. The number of carbonyl (C=O) groups is 1. The van der Waals surface area contributed by atoms with Crippen molar-refractivity contribution in [3.05, 3.63) is 29.8 Å². The second kappa shape index (κ2) is 6.83. The highest BCUT2D eigenvalue weighted by atomic mass is 16.3. The van der Waals surface area contributed by atoms with E-state index in [0.717, 1.165) is 24.1 Å². The zero-order chi connectivity index (χ0) is 14.5. The number of nitrogens with zero attached hydrogens (tertiary/aromatic N) is 1. The van der Waals surface area contributed by atoms with E-state index in [1.807, 2.05) is 31.2 Å². The summed E-state index contributed by atoms with van der Waals surface area (Å²) in [5, 5.41) is 12.0. The molecule has 0 saturated heterocycles. The number of hydrogen-bond acceptors (Lipinski definition) is 4. The lowest BCUT2D eigenvalue weighted by Gasteiger charge is -2.27. The molecule has 1 unspecified atom stereocenters. The van der Waals surface area contributed by atoms with Gasteiger partial charge < -0.3 is 16.2 Å². The normalized spacial score (nSPS) is 16.2. The van der Waals surface area contributed by atoms with Crippen molar-refractivity contribution in [2.24, 2.45) is 5.73 Å². The second-order valence-electron chi connectivity index (χ2n) is 5.26. The van der Waals surface area contributed by atoms with Crippen LogP contribution in [-0.2, 0) is 11.3 Å². The summed E-state index contributed by atoms with van der Waals surface area (Å²) in [5.41, 5.74) is 7.36. The van der Waals surface area contributed by atoms with Crippen molar-refractivity contribution in [3.63, 3.8) is 0 Å². The number of anilines is 1. The van der Waals surface area contributed by atoms with Crippen LogP contribution in [0.15, 0.2) is 24.3 Å². The molecule has 4 N–H and O–H groups in total. The minimum Gasteiger partial charge on any atom is -0.395 e.